The van der Waals surface area contributed by atoms with Gasteiger partial charge in [-0.1, -0.05) is 32.9 Å². The summed E-state index contributed by atoms with van der Waals surface area (Å²) in [6, 6.07) is 7.89. The molecule has 0 aliphatic heterocycles. The zero-order valence-corrected chi connectivity index (χ0v) is 23.0. The molecular weight excluding hydrogens is 438 g/mol. The van der Waals surface area contributed by atoms with E-state index in [2.05, 4.69) is 43.7 Å². The van der Waals surface area contributed by atoms with Gasteiger partial charge in [-0.3, -0.25) is 4.68 Å². The lowest BCUT2D eigenvalue weighted by atomic mass is 10.0. The molecule has 1 N–H and O–H groups in total. The van der Waals surface area contributed by atoms with Crippen LogP contribution in [0.4, 0.5) is 0 Å². The van der Waals surface area contributed by atoms with Gasteiger partial charge in [-0.2, -0.15) is 5.10 Å². The molecule has 0 saturated heterocycles. The first kappa shape index (κ1) is 26.9. The van der Waals surface area contributed by atoms with Crippen LogP contribution in [-0.4, -0.2) is 41.1 Å². The zero-order valence-electron chi connectivity index (χ0n) is 21.2. The molecule has 0 aliphatic carbocycles. The predicted molar refractivity (Wildman–Crippen MR) is 136 cm³/mol. The fourth-order valence-corrected chi connectivity index (χ4v) is 4.69. The van der Waals surface area contributed by atoms with E-state index in [1.165, 1.54) is 0 Å². The number of rotatable bonds is 10. The molecule has 32 heavy (non-hydrogen) atoms. The van der Waals surface area contributed by atoms with Gasteiger partial charge in [0.2, 0.25) is 0 Å². The molecule has 1 aromatic carbocycles. The molecule has 180 valence electrons. The van der Waals surface area contributed by atoms with Crippen molar-refractivity contribution in [3.05, 3.63) is 47.8 Å². The molecule has 0 fully saturated rings. The van der Waals surface area contributed by atoms with Crippen molar-refractivity contribution in [1.29, 1.82) is 0 Å². The standard InChI is InChI=1S/C24H41N3O3SSi/c1-23(2,3)31(28)26-22(16-19-10-12-21(29-7)13-11-19)20-17-25-27(18-20)14-15-30-32(8,9)24(4,5)6/h10-13,17-18,22,26H,14-16H2,1-9H3/t22?,31-/m1/s1. The maximum Gasteiger partial charge on any atom is 0.192 e. The summed E-state index contributed by atoms with van der Waals surface area (Å²) in [4.78, 5) is 0. The van der Waals surface area contributed by atoms with Gasteiger partial charge < -0.3 is 13.7 Å². The maximum atomic E-state index is 12.9. The average molecular weight is 480 g/mol. The Labute approximate surface area is 198 Å². The largest absolute Gasteiger partial charge is 0.598 e. The number of benzene rings is 1. The van der Waals surface area contributed by atoms with E-state index in [4.69, 9.17) is 9.16 Å². The van der Waals surface area contributed by atoms with Crippen LogP contribution in [0, 0.1) is 0 Å². The van der Waals surface area contributed by atoms with E-state index >= 15 is 0 Å². The summed E-state index contributed by atoms with van der Waals surface area (Å²) in [7, 11) is -0.118. The minimum absolute atomic E-state index is 0.112. The van der Waals surface area contributed by atoms with E-state index in [-0.39, 0.29) is 15.8 Å². The summed E-state index contributed by atoms with van der Waals surface area (Å²) in [6.45, 7) is 18.5. The molecule has 0 bridgehead atoms. The highest BCUT2D eigenvalue weighted by atomic mass is 32.2. The molecule has 6 nitrogen and oxygen atoms in total. The van der Waals surface area contributed by atoms with Crippen LogP contribution in [-0.2, 0) is 28.8 Å². The Morgan fingerprint density at radius 2 is 1.75 bits per heavy atom. The summed E-state index contributed by atoms with van der Waals surface area (Å²) in [5, 5.41) is 4.74. The van der Waals surface area contributed by atoms with Gasteiger partial charge in [-0.25, -0.2) is 0 Å². The molecule has 8 heteroatoms. The number of nitrogens with one attached hydrogen (secondary N) is 1. The van der Waals surface area contributed by atoms with Gasteiger partial charge in [0.25, 0.3) is 0 Å². The lowest BCUT2D eigenvalue weighted by Gasteiger charge is -2.36. The van der Waals surface area contributed by atoms with Crippen LogP contribution >= 0.6 is 0 Å². The fourth-order valence-electron chi connectivity index (χ4n) is 2.82. The topological polar surface area (TPSA) is 71.4 Å². The van der Waals surface area contributed by atoms with Gasteiger partial charge in [-0.05, 0) is 63.0 Å². The molecule has 1 unspecified atom stereocenters. The van der Waals surface area contributed by atoms with Crippen molar-refractivity contribution >= 4 is 19.7 Å². The smallest absolute Gasteiger partial charge is 0.192 e. The molecule has 0 radical (unpaired) electrons. The van der Waals surface area contributed by atoms with Crippen molar-refractivity contribution in [3.8, 4) is 5.75 Å². The minimum Gasteiger partial charge on any atom is -0.598 e. The molecule has 0 saturated carbocycles. The third kappa shape index (κ3) is 7.62. The van der Waals surface area contributed by atoms with Crippen molar-refractivity contribution in [2.45, 2.75) is 83.4 Å². The number of nitrogens with zero attached hydrogens (tertiary/aromatic N) is 2. The van der Waals surface area contributed by atoms with Gasteiger partial charge in [-0.15, -0.1) is 4.72 Å². The first-order valence-corrected chi connectivity index (χ1v) is 15.3. The highest BCUT2D eigenvalue weighted by molar-refractivity contribution is 7.90. The van der Waals surface area contributed by atoms with E-state index < -0.39 is 19.7 Å². The van der Waals surface area contributed by atoms with Crippen LogP contribution in [0.3, 0.4) is 0 Å². The molecular formula is C24H41N3O3SSi. The molecule has 2 rings (SSSR count). The molecule has 2 atom stereocenters. The molecule has 2 aromatic rings. The third-order valence-corrected chi connectivity index (χ3v) is 12.2. The van der Waals surface area contributed by atoms with Crippen LogP contribution in [0.5, 0.6) is 5.75 Å². The monoisotopic (exact) mass is 479 g/mol. The van der Waals surface area contributed by atoms with Crippen LogP contribution in [0.2, 0.25) is 18.1 Å². The van der Waals surface area contributed by atoms with E-state index in [1.54, 1.807) is 7.11 Å². The van der Waals surface area contributed by atoms with Gasteiger partial charge in [0.15, 0.2) is 8.32 Å². The quantitative estimate of drug-likeness (QED) is 0.372. The van der Waals surface area contributed by atoms with Crippen molar-refractivity contribution in [3.63, 3.8) is 0 Å². The van der Waals surface area contributed by atoms with Crippen molar-refractivity contribution in [2.24, 2.45) is 0 Å². The van der Waals surface area contributed by atoms with Gasteiger partial charge in [0, 0.05) is 23.1 Å². The lowest BCUT2D eigenvalue weighted by molar-refractivity contribution is 0.266. The Bertz CT molecular complexity index is 841. The summed E-state index contributed by atoms with van der Waals surface area (Å²) >= 11 is -1.20. The summed E-state index contributed by atoms with van der Waals surface area (Å²) in [5.41, 5.74) is 2.16. The Hall–Kier alpha value is -1.32. The molecule has 1 heterocycles. The molecule has 0 spiro atoms. The Balaban J connectivity index is 2.12. The zero-order chi connectivity index (χ0) is 24.2. The van der Waals surface area contributed by atoms with E-state index in [0.717, 1.165) is 16.9 Å². The van der Waals surface area contributed by atoms with Crippen molar-refractivity contribution in [1.82, 2.24) is 14.5 Å². The summed E-state index contributed by atoms with van der Waals surface area (Å²) in [5.74, 6) is 0.825. The second-order valence-corrected chi connectivity index (χ2v) is 17.6. The van der Waals surface area contributed by atoms with Crippen LogP contribution in [0.1, 0.15) is 58.7 Å². The first-order chi connectivity index (χ1) is 14.7. The molecule has 0 aliphatic rings. The van der Waals surface area contributed by atoms with Gasteiger partial charge in [0.1, 0.15) is 10.5 Å². The first-order valence-electron chi connectivity index (χ1n) is 11.2. The fraction of sp³-hybridized carbons (Fsp3) is 0.625. The highest BCUT2D eigenvalue weighted by Crippen LogP contribution is 2.36. The number of hydrogen-bond donors (Lipinski definition) is 1. The van der Waals surface area contributed by atoms with Crippen LogP contribution < -0.4 is 9.46 Å². The molecule has 1 aromatic heterocycles. The SMILES string of the molecule is COc1ccc(CC(N[S@+]([O-])C(C)(C)C)c2cnn(CCO[Si](C)(C)C(C)(C)C)c2)cc1. The Morgan fingerprint density at radius 1 is 1.12 bits per heavy atom. The van der Waals surface area contributed by atoms with Gasteiger partial charge >= 0.3 is 0 Å². The Morgan fingerprint density at radius 3 is 2.28 bits per heavy atom. The number of aromatic nitrogens is 2. The summed E-state index contributed by atoms with van der Waals surface area (Å²) < 4.78 is 29.3. The van der Waals surface area contributed by atoms with Gasteiger partial charge in [0.05, 0.1) is 32.5 Å². The van der Waals surface area contributed by atoms with E-state index in [9.17, 15) is 4.55 Å². The van der Waals surface area contributed by atoms with Crippen LogP contribution in [0.25, 0.3) is 0 Å². The second-order valence-electron chi connectivity index (χ2n) is 10.7. The number of hydrogen-bond acceptors (Lipinski definition) is 5. The minimum atomic E-state index is -1.78. The normalized spacial score (nSPS) is 14.9. The lowest BCUT2D eigenvalue weighted by Crippen LogP contribution is -2.41. The Kier molecular flexibility index (Phi) is 9.03. The second kappa shape index (κ2) is 10.7. The number of ether oxygens (including phenoxy) is 1. The van der Waals surface area contributed by atoms with E-state index in [1.807, 2.05) is 62.1 Å². The average Bonchev–Trinajstić information content (AvgIpc) is 3.15. The highest BCUT2D eigenvalue weighted by Gasteiger charge is 2.37. The molecule has 0 amide bonds. The van der Waals surface area contributed by atoms with E-state index in [0.29, 0.717) is 19.6 Å². The third-order valence-electron chi connectivity index (χ3n) is 6.05. The summed E-state index contributed by atoms with van der Waals surface area (Å²) in [6.07, 6.45) is 4.61. The van der Waals surface area contributed by atoms with Crippen LogP contribution in [0.15, 0.2) is 36.7 Å². The number of methoxy groups -OCH3 is 1. The predicted octanol–water partition coefficient (Wildman–Crippen LogP) is 5.25. The van der Waals surface area contributed by atoms with Crippen molar-refractivity contribution < 1.29 is 13.7 Å². The van der Waals surface area contributed by atoms with Crippen molar-refractivity contribution in [2.75, 3.05) is 13.7 Å². The maximum absolute atomic E-state index is 12.9.